The Morgan fingerprint density at radius 3 is 2.64 bits per heavy atom. The van der Waals surface area contributed by atoms with Crippen LogP contribution in [0.25, 0.3) is 22.2 Å². The molecule has 1 aliphatic carbocycles. The van der Waals surface area contributed by atoms with Crippen LogP contribution >= 0.6 is 0 Å². The van der Waals surface area contributed by atoms with Gasteiger partial charge >= 0.3 is 5.97 Å². The number of ether oxygens (including phenoxy) is 2. The minimum absolute atomic E-state index is 0.373. The highest BCUT2D eigenvalue weighted by atomic mass is 16.5. The Hall–Kier alpha value is -2.70. The maximum Gasteiger partial charge on any atom is 0.335 e. The molecule has 3 aromatic rings. The van der Waals surface area contributed by atoms with E-state index in [1.54, 1.807) is 13.8 Å². The van der Waals surface area contributed by atoms with Gasteiger partial charge in [0.2, 0.25) is 5.89 Å². The Labute approximate surface area is 194 Å². The number of carbonyl (C=O) groups is 1. The fraction of sp³-hybridized carbons (Fsp3) is 0.481. The fourth-order valence-corrected chi connectivity index (χ4v) is 4.50. The van der Waals surface area contributed by atoms with E-state index in [1.807, 2.05) is 31.2 Å². The van der Waals surface area contributed by atoms with Gasteiger partial charge in [-0.3, -0.25) is 0 Å². The Kier molecular flexibility index (Phi) is 7.15. The number of fused-ring (bicyclic) bond motifs is 1. The van der Waals surface area contributed by atoms with Gasteiger partial charge in [-0.15, -0.1) is 0 Å². The predicted octanol–water partition coefficient (Wildman–Crippen LogP) is 6.01. The smallest absolute Gasteiger partial charge is 0.335 e. The van der Waals surface area contributed by atoms with Crippen molar-refractivity contribution in [3.8, 4) is 11.5 Å². The molecule has 0 amide bonds. The van der Waals surface area contributed by atoms with E-state index < -0.39 is 11.6 Å². The van der Waals surface area contributed by atoms with E-state index >= 15 is 0 Å². The van der Waals surface area contributed by atoms with Gasteiger partial charge in [-0.25, -0.2) is 9.78 Å². The fourth-order valence-electron chi connectivity index (χ4n) is 4.50. The van der Waals surface area contributed by atoms with Crippen LogP contribution in [0.5, 0.6) is 0 Å². The lowest BCUT2D eigenvalue weighted by Gasteiger charge is -2.31. The van der Waals surface area contributed by atoms with Crippen LogP contribution in [0.4, 0.5) is 0 Å². The number of nitrogens with zero attached hydrogens (tertiary/aromatic N) is 1. The SMILES string of the molecule is Cc1oc(-c2cccc3ccccc23)nc1COCC1CCCC(COC(C)(C)C(=O)O)C1. The third-order valence-corrected chi connectivity index (χ3v) is 6.59. The van der Waals surface area contributed by atoms with Gasteiger partial charge in [-0.1, -0.05) is 42.8 Å². The topological polar surface area (TPSA) is 81.8 Å². The Morgan fingerprint density at radius 1 is 1.12 bits per heavy atom. The second kappa shape index (κ2) is 10.1. The number of aromatic nitrogens is 1. The van der Waals surface area contributed by atoms with Gasteiger partial charge in [-0.2, -0.15) is 0 Å². The van der Waals surface area contributed by atoms with Crippen molar-refractivity contribution in [2.75, 3.05) is 13.2 Å². The summed E-state index contributed by atoms with van der Waals surface area (Å²) in [6.07, 6.45) is 4.30. The van der Waals surface area contributed by atoms with Gasteiger partial charge < -0.3 is 19.0 Å². The number of rotatable bonds is 9. The van der Waals surface area contributed by atoms with Gasteiger partial charge in [-0.05, 0) is 68.7 Å². The van der Waals surface area contributed by atoms with Crippen LogP contribution in [-0.2, 0) is 20.9 Å². The standard InChI is InChI=1S/C27H33NO5/c1-18-24(28-25(33-18)23-13-7-11-21-10-4-5-12-22(21)23)17-31-15-19-8-6-9-20(14-19)16-32-27(2,3)26(29)30/h4-5,7,10-13,19-20H,6,8-9,14-17H2,1-3H3,(H,29,30). The molecule has 0 saturated heterocycles. The molecule has 4 rings (SSSR count). The van der Waals surface area contributed by atoms with Crippen LogP contribution in [0.1, 0.15) is 51.0 Å². The maximum atomic E-state index is 11.3. The molecule has 176 valence electrons. The van der Waals surface area contributed by atoms with Crippen molar-refractivity contribution >= 4 is 16.7 Å². The monoisotopic (exact) mass is 451 g/mol. The summed E-state index contributed by atoms with van der Waals surface area (Å²) in [6.45, 7) is 6.70. The maximum absolute atomic E-state index is 11.3. The summed E-state index contributed by atoms with van der Waals surface area (Å²) in [4.78, 5) is 16.0. The molecule has 2 atom stereocenters. The molecule has 6 nitrogen and oxygen atoms in total. The second-order valence-corrected chi connectivity index (χ2v) is 9.59. The Bertz CT molecular complexity index is 1100. The molecule has 1 N–H and O–H groups in total. The first-order valence-corrected chi connectivity index (χ1v) is 11.7. The zero-order valence-electron chi connectivity index (χ0n) is 19.7. The van der Waals surface area contributed by atoms with Gasteiger partial charge in [0, 0.05) is 12.2 Å². The number of carboxylic acids is 1. The molecule has 1 aliphatic rings. The van der Waals surface area contributed by atoms with Crippen LogP contribution in [-0.4, -0.2) is 34.9 Å². The van der Waals surface area contributed by atoms with E-state index in [0.29, 0.717) is 37.5 Å². The van der Waals surface area contributed by atoms with Gasteiger partial charge in [0.1, 0.15) is 11.5 Å². The molecular weight excluding hydrogens is 418 g/mol. The third kappa shape index (κ3) is 5.63. The first kappa shape index (κ1) is 23.5. The van der Waals surface area contributed by atoms with Crippen molar-refractivity contribution in [1.29, 1.82) is 0 Å². The minimum Gasteiger partial charge on any atom is -0.479 e. The average Bonchev–Trinajstić information content (AvgIpc) is 3.18. The van der Waals surface area contributed by atoms with E-state index in [2.05, 4.69) is 18.2 Å². The molecule has 0 spiro atoms. The van der Waals surface area contributed by atoms with Crippen LogP contribution in [0, 0.1) is 18.8 Å². The van der Waals surface area contributed by atoms with Gasteiger partial charge in [0.25, 0.3) is 0 Å². The van der Waals surface area contributed by atoms with Crippen LogP contribution < -0.4 is 0 Å². The summed E-state index contributed by atoms with van der Waals surface area (Å²) < 4.78 is 17.7. The third-order valence-electron chi connectivity index (χ3n) is 6.59. The van der Waals surface area contributed by atoms with Crippen LogP contribution in [0.15, 0.2) is 46.9 Å². The van der Waals surface area contributed by atoms with Crippen LogP contribution in [0.2, 0.25) is 0 Å². The molecule has 2 unspecified atom stereocenters. The predicted molar refractivity (Wildman–Crippen MR) is 127 cm³/mol. The zero-order valence-corrected chi connectivity index (χ0v) is 19.7. The first-order chi connectivity index (χ1) is 15.8. The molecule has 0 radical (unpaired) electrons. The van der Waals surface area contributed by atoms with Gasteiger partial charge in [0.15, 0.2) is 5.60 Å². The summed E-state index contributed by atoms with van der Waals surface area (Å²) in [5.74, 6) is 1.30. The van der Waals surface area contributed by atoms with Crippen molar-refractivity contribution in [3.63, 3.8) is 0 Å². The number of benzene rings is 2. The van der Waals surface area contributed by atoms with E-state index in [1.165, 1.54) is 0 Å². The molecule has 1 aromatic heterocycles. The van der Waals surface area contributed by atoms with Crippen molar-refractivity contribution in [3.05, 3.63) is 53.9 Å². The van der Waals surface area contributed by atoms with E-state index in [4.69, 9.17) is 18.9 Å². The Morgan fingerprint density at radius 2 is 1.85 bits per heavy atom. The number of oxazole rings is 1. The summed E-state index contributed by atoms with van der Waals surface area (Å²) in [7, 11) is 0. The van der Waals surface area contributed by atoms with Crippen molar-refractivity contribution in [2.24, 2.45) is 11.8 Å². The lowest BCUT2D eigenvalue weighted by Crippen LogP contribution is -2.37. The molecule has 33 heavy (non-hydrogen) atoms. The zero-order chi connectivity index (χ0) is 23.4. The van der Waals surface area contributed by atoms with Crippen molar-refractivity contribution in [1.82, 2.24) is 4.98 Å². The summed E-state index contributed by atoms with van der Waals surface area (Å²) in [6, 6.07) is 14.4. The molecule has 6 heteroatoms. The van der Waals surface area contributed by atoms with E-state index in [0.717, 1.165) is 53.5 Å². The average molecular weight is 452 g/mol. The number of aliphatic carboxylic acids is 1. The molecule has 1 saturated carbocycles. The summed E-state index contributed by atoms with van der Waals surface area (Å²) >= 11 is 0. The molecule has 1 heterocycles. The highest BCUT2D eigenvalue weighted by Crippen LogP contribution is 2.32. The van der Waals surface area contributed by atoms with Crippen LogP contribution in [0.3, 0.4) is 0 Å². The molecule has 1 fully saturated rings. The molecule has 0 bridgehead atoms. The van der Waals surface area contributed by atoms with Crippen molar-refractivity contribution < 1.29 is 23.8 Å². The summed E-state index contributed by atoms with van der Waals surface area (Å²) in [5.41, 5.74) is 0.675. The highest BCUT2D eigenvalue weighted by Gasteiger charge is 2.30. The molecule has 2 aromatic carbocycles. The number of hydrogen-bond donors (Lipinski definition) is 1. The number of aryl methyl sites for hydroxylation is 1. The molecular formula is C27H33NO5. The normalized spacial score (nSPS) is 19.1. The number of hydrogen-bond acceptors (Lipinski definition) is 5. The van der Waals surface area contributed by atoms with E-state index in [9.17, 15) is 9.90 Å². The lowest BCUT2D eigenvalue weighted by atomic mass is 9.82. The number of carboxylic acid groups (broad SMARTS) is 1. The summed E-state index contributed by atoms with van der Waals surface area (Å²) in [5, 5.41) is 11.5. The van der Waals surface area contributed by atoms with E-state index in [-0.39, 0.29) is 0 Å². The largest absolute Gasteiger partial charge is 0.479 e. The second-order valence-electron chi connectivity index (χ2n) is 9.59. The first-order valence-electron chi connectivity index (χ1n) is 11.7. The highest BCUT2D eigenvalue weighted by molar-refractivity contribution is 5.94. The quantitative estimate of drug-likeness (QED) is 0.429. The Balaban J connectivity index is 1.32. The lowest BCUT2D eigenvalue weighted by molar-refractivity contribution is -0.163. The van der Waals surface area contributed by atoms with Gasteiger partial charge in [0.05, 0.1) is 13.2 Å². The minimum atomic E-state index is -1.14. The van der Waals surface area contributed by atoms with Crippen molar-refractivity contribution in [2.45, 2.75) is 58.7 Å². The molecule has 0 aliphatic heterocycles.